The molecule has 8 heteroatoms. The van der Waals surface area contributed by atoms with Gasteiger partial charge in [0.1, 0.15) is 11.6 Å². The van der Waals surface area contributed by atoms with E-state index in [1.165, 1.54) is 24.7 Å². The molecule has 7 rings (SSSR count). The maximum atomic E-state index is 13.8. The molecule has 0 amide bonds. The van der Waals surface area contributed by atoms with Gasteiger partial charge in [0.2, 0.25) is 0 Å². The van der Waals surface area contributed by atoms with Crippen molar-refractivity contribution >= 4 is 29.0 Å². The largest absolute Gasteiger partial charge is 0.490 e. The number of aromatic nitrogens is 2. The predicted molar refractivity (Wildman–Crippen MR) is 188 cm³/mol. The normalized spacial score (nSPS) is 28.1. The number of carbonyl (C=O) groups is 2. The lowest BCUT2D eigenvalue weighted by Crippen LogP contribution is -2.49. The zero-order valence-electron chi connectivity index (χ0n) is 28.1. The monoisotopic (exact) mass is 667 g/mol. The summed E-state index contributed by atoms with van der Waals surface area (Å²) < 4.78 is 11.7. The van der Waals surface area contributed by atoms with E-state index in [2.05, 4.69) is 40.0 Å². The first kappa shape index (κ1) is 32.8. The number of hydrogen-bond donors (Lipinski definition) is 0. The first-order valence-electron chi connectivity index (χ1n) is 17.7. The Hall–Kier alpha value is -3.71. The SMILES string of the molecule is COC(=O)c1ccc2c(c1)N(C[C@@H]1CC[C@H]1C(=O)/C=C/[C@@H]1CCC[C@@H](Cc3ncccn3)[C@H]1C)C[C@@]1(CCCc3cc(Cl)ccc31)CO2. The van der Waals surface area contributed by atoms with Crippen LogP contribution in [0.25, 0.3) is 0 Å². The summed E-state index contributed by atoms with van der Waals surface area (Å²) in [5.41, 5.74) is 3.76. The van der Waals surface area contributed by atoms with Crippen molar-refractivity contribution in [3.63, 3.8) is 0 Å². The number of halogens is 1. The second kappa shape index (κ2) is 14.0. The van der Waals surface area contributed by atoms with Crippen molar-refractivity contribution < 1.29 is 19.1 Å². The third kappa shape index (κ3) is 6.63. The molecule has 6 atom stereocenters. The van der Waals surface area contributed by atoms with E-state index in [4.69, 9.17) is 21.1 Å². The molecule has 2 heterocycles. The van der Waals surface area contributed by atoms with Crippen LogP contribution in [-0.4, -0.2) is 48.5 Å². The summed E-state index contributed by atoms with van der Waals surface area (Å²) in [4.78, 5) is 37.7. The topological polar surface area (TPSA) is 81.6 Å². The average Bonchev–Trinajstić information content (AvgIpc) is 3.23. The van der Waals surface area contributed by atoms with E-state index in [0.29, 0.717) is 29.9 Å². The van der Waals surface area contributed by atoms with Gasteiger partial charge in [0, 0.05) is 48.3 Å². The van der Waals surface area contributed by atoms with Gasteiger partial charge in [-0.05, 0) is 122 Å². The summed E-state index contributed by atoms with van der Waals surface area (Å²) in [7, 11) is 1.41. The van der Waals surface area contributed by atoms with Gasteiger partial charge in [-0.25, -0.2) is 14.8 Å². The van der Waals surface area contributed by atoms with Crippen LogP contribution < -0.4 is 9.64 Å². The lowest BCUT2D eigenvalue weighted by Gasteiger charge is -2.44. The Kier molecular flexibility index (Phi) is 9.59. The van der Waals surface area contributed by atoms with Crippen LogP contribution in [0.15, 0.2) is 67.0 Å². The Morgan fingerprint density at radius 3 is 2.71 bits per heavy atom. The lowest BCUT2D eigenvalue weighted by atomic mass is 9.68. The molecule has 2 aromatic carbocycles. The van der Waals surface area contributed by atoms with Crippen molar-refractivity contribution in [1.29, 1.82) is 0 Å². The molecule has 0 N–H and O–H groups in total. The van der Waals surface area contributed by atoms with Gasteiger partial charge in [0.25, 0.3) is 0 Å². The van der Waals surface area contributed by atoms with Crippen LogP contribution in [0.1, 0.15) is 79.2 Å². The summed E-state index contributed by atoms with van der Waals surface area (Å²) in [5.74, 6) is 3.17. The number of ketones is 1. The highest BCUT2D eigenvalue weighted by molar-refractivity contribution is 6.30. The van der Waals surface area contributed by atoms with Crippen LogP contribution in [0.5, 0.6) is 5.75 Å². The van der Waals surface area contributed by atoms with Gasteiger partial charge < -0.3 is 14.4 Å². The van der Waals surface area contributed by atoms with Gasteiger partial charge >= 0.3 is 5.97 Å². The van der Waals surface area contributed by atoms with E-state index in [1.54, 1.807) is 6.07 Å². The Labute approximate surface area is 289 Å². The summed E-state index contributed by atoms with van der Waals surface area (Å²) >= 11 is 6.43. The van der Waals surface area contributed by atoms with E-state index in [9.17, 15) is 9.59 Å². The lowest BCUT2D eigenvalue weighted by molar-refractivity contribution is -0.122. The molecule has 3 aromatic rings. The fraction of sp³-hybridized carbons (Fsp3) is 0.500. The molecular weight excluding hydrogens is 622 g/mol. The number of carbonyl (C=O) groups excluding carboxylic acids is 2. The number of anilines is 1. The molecule has 1 spiro atoms. The number of fused-ring (bicyclic) bond motifs is 3. The molecule has 1 aliphatic heterocycles. The molecule has 0 bridgehead atoms. The molecule has 4 aliphatic rings. The molecule has 252 valence electrons. The summed E-state index contributed by atoms with van der Waals surface area (Å²) in [6, 6.07) is 13.7. The zero-order valence-corrected chi connectivity index (χ0v) is 28.8. The van der Waals surface area contributed by atoms with Crippen molar-refractivity contribution in [3.05, 3.63) is 94.5 Å². The number of hydrogen-bond acceptors (Lipinski definition) is 7. The number of allylic oxidation sites excluding steroid dienone is 2. The van der Waals surface area contributed by atoms with E-state index in [1.807, 2.05) is 42.7 Å². The number of methoxy groups -OCH3 is 1. The Morgan fingerprint density at radius 2 is 1.92 bits per heavy atom. The molecule has 0 saturated heterocycles. The first-order chi connectivity index (χ1) is 23.3. The smallest absolute Gasteiger partial charge is 0.337 e. The van der Waals surface area contributed by atoms with Crippen LogP contribution >= 0.6 is 11.6 Å². The van der Waals surface area contributed by atoms with Crippen molar-refractivity contribution in [1.82, 2.24) is 9.97 Å². The molecule has 0 radical (unpaired) electrons. The molecule has 48 heavy (non-hydrogen) atoms. The number of esters is 1. The van der Waals surface area contributed by atoms with E-state index < -0.39 is 0 Å². The minimum Gasteiger partial charge on any atom is -0.490 e. The number of nitrogens with zero attached hydrogens (tertiary/aromatic N) is 3. The Morgan fingerprint density at radius 1 is 1.06 bits per heavy atom. The standard InChI is InChI=1S/C40H46ClN3O4/c1-26-27(6-3-7-28(26)22-38-42-18-5-19-43-38)10-15-36(45)33-13-9-31(33)23-44-24-40(17-4-8-29-20-32(41)12-14-34(29)40)25-48-37-16-11-30(21-35(37)44)39(46)47-2/h5,10-12,14-16,18-21,26-28,31,33H,3-4,6-9,13,17,22-25H2,1-2H3/b15-10+/t26-,27-,28-,31-,33+,40-/m0/s1. The molecule has 0 unspecified atom stereocenters. The molecule has 1 aromatic heterocycles. The fourth-order valence-electron chi connectivity index (χ4n) is 8.87. The summed E-state index contributed by atoms with van der Waals surface area (Å²) in [5, 5.41) is 0.760. The highest BCUT2D eigenvalue weighted by atomic mass is 35.5. The second-order valence-corrected chi connectivity index (χ2v) is 15.0. The highest BCUT2D eigenvalue weighted by Crippen LogP contribution is 2.46. The molecule has 2 fully saturated rings. The fourth-order valence-corrected chi connectivity index (χ4v) is 9.06. The number of benzene rings is 2. The van der Waals surface area contributed by atoms with Gasteiger partial charge in [0.05, 0.1) is 25.0 Å². The minimum atomic E-state index is -0.369. The molecule has 2 saturated carbocycles. The van der Waals surface area contributed by atoms with Crippen molar-refractivity contribution in [2.45, 2.75) is 70.1 Å². The third-order valence-corrected chi connectivity index (χ3v) is 12.0. The predicted octanol–water partition coefficient (Wildman–Crippen LogP) is 7.84. The number of rotatable bonds is 8. The zero-order chi connectivity index (χ0) is 33.3. The van der Waals surface area contributed by atoms with Crippen LogP contribution in [0.4, 0.5) is 5.69 Å². The number of aryl methyl sites for hydroxylation is 1. The molecular formula is C40H46ClN3O4. The van der Waals surface area contributed by atoms with Crippen LogP contribution in [0.3, 0.4) is 0 Å². The highest BCUT2D eigenvalue weighted by Gasteiger charge is 2.44. The van der Waals surface area contributed by atoms with Crippen molar-refractivity contribution in [2.75, 3.05) is 31.7 Å². The minimum absolute atomic E-state index is 0.00141. The Balaban J connectivity index is 1.10. The summed E-state index contributed by atoms with van der Waals surface area (Å²) in [6.07, 6.45) is 17.1. The second-order valence-electron chi connectivity index (χ2n) is 14.6. The van der Waals surface area contributed by atoms with Gasteiger partial charge in [-0.15, -0.1) is 0 Å². The van der Waals surface area contributed by atoms with Crippen LogP contribution in [0, 0.1) is 29.6 Å². The van der Waals surface area contributed by atoms with Gasteiger partial charge in [-0.3, -0.25) is 4.79 Å². The maximum absolute atomic E-state index is 13.8. The summed E-state index contributed by atoms with van der Waals surface area (Å²) in [6.45, 7) is 4.36. The van der Waals surface area contributed by atoms with Crippen LogP contribution in [-0.2, 0) is 27.8 Å². The van der Waals surface area contributed by atoms with E-state index in [-0.39, 0.29) is 29.0 Å². The van der Waals surface area contributed by atoms with Crippen molar-refractivity contribution in [3.8, 4) is 5.75 Å². The maximum Gasteiger partial charge on any atom is 0.337 e. The van der Waals surface area contributed by atoms with Gasteiger partial charge in [0.15, 0.2) is 5.78 Å². The van der Waals surface area contributed by atoms with Crippen molar-refractivity contribution in [2.24, 2.45) is 29.6 Å². The number of ether oxygens (including phenoxy) is 2. The quantitative estimate of drug-likeness (QED) is 0.179. The van der Waals surface area contributed by atoms with Gasteiger partial charge in [-0.2, -0.15) is 0 Å². The average molecular weight is 668 g/mol. The molecule has 7 nitrogen and oxygen atoms in total. The Bertz CT molecular complexity index is 1680. The first-order valence-corrected chi connectivity index (χ1v) is 18.1. The van der Waals surface area contributed by atoms with Gasteiger partial charge in [-0.1, -0.05) is 37.1 Å². The molecule has 3 aliphatic carbocycles. The van der Waals surface area contributed by atoms with Crippen LogP contribution in [0.2, 0.25) is 5.02 Å². The third-order valence-electron chi connectivity index (χ3n) is 11.8. The van der Waals surface area contributed by atoms with E-state index in [0.717, 1.165) is 86.7 Å². The van der Waals surface area contributed by atoms with E-state index >= 15 is 0 Å².